The van der Waals surface area contributed by atoms with Crippen molar-refractivity contribution in [3.05, 3.63) is 118 Å². The van der Waals surface area contributed by atoms with Crippen LogP contribution < -0.4 is 0 Å². The average molecular weight is 450 g/mol. The van der Waals surface area contributed by atoms with Gasteiger partial charge in [-0.3, -0.25) is 9.59 Å². The van der Waals surface area contributed by atoms with Crippen LogP contribution in [0, 0.1) is 19.7 Å². The van der Waals surface area contributed by atoms with E-state index in [1.807, 2.05) is 67.6 Å². The lowest BCUT2D eigenvalue weighted by Gasteiger charge is -2.07. The molecule has 0 atom stereocenters. The molecule has 0 aliphatic carbocycles. The highest BCUT2D eigenvalue weighted by Gasteiger charge is 2.18. The van der Waals surface area contributed by atoms with Gasteiger partial charge in [0.2, 0.25) is 0 Å². The highest BCUT2D eigenvalue weighted by atomic mass is 19.1. The first-order chi connectivity index (χ1) is 16.4. The van der Waals surface area contributed by atoms with E-state index in [1.54, 1.807) is 6.92 Å². The molecule has 4 heteroatoms. The summed E-state index contributed by atoms with van der Waals surface area (Å²) in [5.41, 5.74) is 5.88. The normalized spacial score (nSPS) is 11.3. The summed E-state index contributed by atoms with van der Waals surface area (Å²) in [6.45, 7) is 6.51. The molecule has 34 heavy (non-hydrogen) atoms. The lowest BCUT2D eigenvalue weighted by molar-refractivity contribution is 0.103. The van der Waals surface area contributed by atoms with Gasteiger partial charge in [0.15, 0.2) is 11.6 Å². The number of benzene rings is 4. The van der Waals surface area contributed by atoms with Crippen molar-refractivity contribution in [2.24, 2.45) is 0 Å². The Kier molecular flexibility index (Phi) is 5.37. The smallest absolute Gasteiger partial charge is 0.193 e. The van der Waals surface area contributed by atoms with Crippen LogP contribution in [0.15, 0.2) is 78.9 Å². The second kappa shape index (κ2) is 8.38. The van der Waals surface area contributed by atoms with Crippen molar-refractivity contribution in [3.63, 3.8) is 0 Å². The van der Waals surface area contributed by atoms with Crippen LogP contribution in [-0.4, -0.2) is 16.1 Å². The molecule has 0 bridgehead atoms. The molecule has 0 saturated carbocycles. The van der Waals surface area contributed by atoms with Crippen LogP contribution in [0.4, 0.5) is 4.39 Å². The Balaban J connectivity index is 1.68. The molecule has 0 N–H and O–H groups in total. The van der Waals surface area contributed by atoms with Gasteiger partial charge in [-0.15, -0.1) is 0 Å². The fourth-order valence-corrected chi connectivity index (χ4v) is 4.75. The molecule has 4 aromatic carbocycles. The summed E-state index contributed by atoms with van der Waals surface area (Å²) in [6.07, 6.45) is 0. The van der Waals surface area contributed by atoms with Crippen LogP contribution >= 0.6 is 0 Å². The number of hydrogen-bond acceptors (Lipinski definition) is 2. The molecule has 168 valence electrons. The quantitative estimate of drug-likeness (QED) is 0.270. The third kappa shape index (κ3) is 3.52. The van der Waals surface area contributed by atoms with E-state index in [4.69, 9.17) is 0 Å². The van der Waals surface area contributed by atoms with Crippen LogP contribution in [0.5, 0.6) is 0 Å². The maximum Gasteiger partial charge on any atom is 0.193 e. The monoisotopic (exact) mass is 449 g/mol. The lowest BCUT2D eigenvalue weighted by Crippen LogP contribution is -2.04. The van der Waals surface area contributed by atoms with Crippen molar-refractivity contribution in [2.75, 3.05) is 0 Å². The van der Waals surface area contributed by atoms with E-state index in [-0.39, 0.29) is 17.4 Å². The van der Waals surface area contributed by atoms with Gasteiger partial charge in [-0.2, -0.15) is 0 Å². The van der Waals surface area contributed by atoms with Crippen LogP contribution in [0.2, 0.25) is 0 Å². The van der Waals surface area contributed by atoms with Crippen molar-refractivity contribution in [2.45, 2.75) is 27.3 Å². The molecule has 5 aromatic rings. The fourth-order valence-electron chi connectivity index (χ4n) is 4.75. The summed E-state index contributed by atoms with van der Waals surface area (Å²) < 4.78 is 15.7. The van der Waals surface area contributed by atoms with Gasteiger partial charge in [-0.05, 0) is 86.5 Å². The predicted molar refractivity (Wildman–Crippen MR) is 134 cm³/mol. The lowest BCUT2D eigenvalue weighted by atomic mass is 9.96. The molecular formula is C30H24FNO2. The predicted octanol–water partition coefficient (Wildman–Crippen LogP) is 7.03. The van der Waals surface area contributed by atoms with Crippen molar-refractivity contribution >= 4 is 33.4 Å². The van der Waals surface area contributed by atoms with Crippen LogP contribution in [0.3, 0.4) is 0 Å². The largest absolute Gasteiger partial charge is 0.341 e. The van der Waals surface area contributed by atoms with Gasteiger partial charge < -0.3 is 4.57 Å². The first kappa shape index (κ1) is 21.8. The number of carbonyl (C=O) groups is 2. The first-order valence-electron chi connectivity index (χ1n) is 11.4. The third-order valence-electron chi connectivity index (χ3n) is 6.53. The van der Waals surface area contributed by atoms with Crippen molar-refractivity contribution in [3.8, 4) is 0 Å². The summed E-state index contributed by atoms with van der Waals surface area (Å²) in [4.78, 5) is 26.5. The van der Waals surface area contributed by atoms with Gasteiger partial charge in [-0.25, -0.2) is 4.39 Å². The first-order valence-corrected chi connectivity index (χ1v) is 11.4. The second-order valence-electron chi connectivity index (χ2n) is 8.64. The molecule has 3 nitrogen and oxygen atoms in total. The van der Waals surface area contributed by atoms with E-state index in [2.05, 4.69) is 11.5 Å². The minimum atomic E-state index is -0.360. The third-order valence-corrected chi connectivity index (χ3v) is 6.53. The number of carbonyl (C=O) groups excluding carboxylic acids is 2. The van der Waals surface area contributed by atoms with Gasteiger partial charge >= 0.3 is 0 Å². The molecule has 1 heterocycles. The number of hydrogen-bond donors (Lipinski definition) is 0. The fraction of sp³-hybridized carbons (Fsp3) is 0.133. The Morgan fingerprint density at radius 1 is 0.706 bits per heavy atom. The van der Waals surface area contributed by atoms with Gasteiger partial charge in [0.1, 0.15) is 5.82 Å². The molecule has 0 amide bonds. The van der Waals surface area contributed by atoms with E-state index >= 15 is 0 Å². The Bertz CT molecular complexity index is 1610. The van der Waals surface area contributed by atoms with Crippen LogP contribution in [0.1, 0.15) is 49.9 Å². The minimum Gasteiger partial charge on any atom is -0.341 e. The highest BCUT2D eigenvalue weighted by Crippen LogP contribution is 2.32. The van der Waals surface area contributed by atoms with Crippen molar-refractivity contribution in [1.82, 2.24) is 4.57 Å². The van der Waals surface area contributed by atoms with Gasteiger partial charge in [0.25, 0.3) is 0 Å². The van der Waals surface area contributed by atoms with Gasteiger partial charge in [-0.1, -0.05) is 24.3 Å². The van der Waals surface area contributed by atoms with Crippen molar-refractivity contribution in [1.29, 1.82) is 0 Å². The molecule has 0 aliphatic heterocycles. The Hall–Kier alpha value is -4.05. The summed E-state index contributed by atoms with van der Waals surface area (Å²) >= 11 is 0. The molecule has 0 radical (unpaired) electrons. The number of ketones is 2. The number of halogens is 1. The maximum atomic E-state index is 13.5. The van der Waals surface area contributed by atoms with E-state index in [1.165, 1.54) is 18.2 Å². The maximum absolute atomic E-state index is 13.5. The zero-order chi connectivity index (χ0) is 24.0. The van der Waals surface area contributed by atoms with Crippen LogP contribution in [-0.2, 0) is 6.54 Å². The topological polar surface area (TPSA) is 39.1 Å². The van der Waals surface area contributed by atoms with E-state index in [0.717, 1.165) is 33.9 Å². The molecule has 0 spiro atoms. The van der Waals surface area contributed by atoms with Crippen molar-refractivity contribution < 1.29 is 14.0 Å². The van der Waals surface area contributed by atoms with Gasteiger partial charge in [0.05, 0.1) is 0 Å². The summed E-state index contributed by atoms with van der Waals surface area (Å²) in [5, 5.41) is 1.85. The molecule has 0 aliphatic rings. The molecule has 0 fully saturated rings. The van der Waals surface area contributed by atoms with Crippen LogP contribution in [0.25, 0.3) is 21.8 Å². The number of rotatable bonds is 5. The highest BCUT2D eigenvalue weighted by molar-refractivity contribution is 6.17. The minimum absolute atomic E-state index is 0.0217. The van der Waals surface area contributed by atoms with Gasteiger partial charge in [0, 0.05) is 50.6 Å². The zero-order valence-corrected chi connectivity index (χ0v) is 19.4. The standard InChI is InChI=1S/C30H24FNO2/c1-4-32-27-13-9-20(29(33)23-8-6-5-7-18(23)2)16-25(27)26-17-21(10-14-28(26)32)30(34)24-12-11-22(31)15-19(24)3/h5-17H,4H2,1-3H3. The zero-order valence-electron chi connectivity index (χ0n) is 19.4. The average Bonchev–Trinajstić information content (AvgIpc) is 3.15. The Morgan fingerprint density at radius 2 is 1.26 bits per heavy atom. The summed E-state index contributed by atoms with van der Waals surface area (Å²) in [7, 11) is 0. The molecule has 0 saturated heterocycles. The molecule has 1 aromatic heterocycles. The Labute approximate surface area is 197 Å². The number of aromatic nitrogens is 1. The number of fused-ring (bicyclic) bond motifs is 3. The molecule has 0 unspecified atom stereocenters. The molecular weight excluding hydrogens is 425 g/mol. The van der Waals surface area contributed by atoms with E-state index in [9.17, 15) is 14.0 Å². The Morgan fingerprint density at radius 3 is 1.79 bits per heavy atom. The molecule has 5 rings (SSSR count). The SMILES string of the molecule is CCn1c2ccc(C(=O)c3ccccc3C)cc2c2cc(C(=O)c3ccc(F)cc3C)ccc21. The van der Waals surface area contributed by atoms with E-state index in [0.29, 0.717) is 27.8 Å². The number of aryl methyl sites for hydroxylation is 3. The second-order valence-corrected chi connectivity index (χ2v) is 8.64. The van der Waals surface area contributed by atoms with E-state index < -0.39 is 0 Å². The summed E-state index contributed by atoms with van der Waals surface area (Å²) in [6, 6.07) is 23.2. The summed E-state index contributed by atoms with van der Waals surface area (Å²) in [5.74, 6) is -0.531. The number of nitrogens with zero attached hydrogens (tertiary/aromatic N) is 1.